The molecular formula is C10H20N2S. The van der Waals surface area contributed by atoms with E-state index in [0.717, 1.165) is 6.04 Å². The van der Waals surface area contributed by atoms with E-state index in [0.29, 0.717) is 4.75 Å². The first-order valence-corrected chi connectivity index (χ1v) is 6.35. The molecular weight excluding hydrogens is 180 g/mol. The standard InChI is InChI=1S/C10H20N2S/c1-10(4-2-6-13-10)8-12-9-3-5-11-7-9/h9,11-12H,2-8H2,1H3. The molecule has 0 aliphatic carbocycles. The Morgan fingerprint density at radius 1 is 1.62 bits per heavy atom. The van der Waals surface area contributed by atoms with Crippen molar-refractivity contribution in [2.45, 2.75) is 37.0 Å². The predicted molar refractivity (Wildman–Crippen MR) is 59.4 cm³/mol. The Hall–Kier alpha value is 0.270. The molecule has 2 N–H and O–H groups in total. The van der Waals surface area contributed by atoms with Crippen molar-refractivity contribution < 1.29 is 0 Å². The number of rotatable bonds is 3. The van der Waals surface area contributed by atoms with Crippen LogP contribution >= 0.6 is 11.8 Å². The zero-order valence-corrected chi connectivity index (χ0v) is 9.25. The lowest BCUT2D eigenvalue weighted by Gasteiger charge is -2.25. The van der Waals surface area contributed by atoms with Gasteiger partial charge in [-0.05, 0) is 38.5 Å². The van der Waals surface area contributed by atoms with Crippen molar-refractivity contribution in [3.8, 4) is 0 Å². The van der Waals surface area contributed by atoms with Gasteiger partial charge in [0, 0.05) is 23.9 Å². The molecule has 2 heterocycles. The van der Waals surface area contributed by atoms with Gasteiger partial charge in [-0.1, -0.05) is 0 Å². The third-order valence-electron chi connectivity index (χ3n) is 3.13. The molecule has 0 bridgehead atoms. The zero-order valence-electron chi connectivity index (χ0n) is 8.44. The third kappa shape index (κ3) is 2.61. The van der Waals surface area contributed by atoms with Crippen LogP contribution in [0.4, 0.5) is 0 Å². The maximum atomic E-state index is 3.68. The molecule has 2 nitrogen and oxygen atoms in total. The summed E-state index contributed by atoms with van der Waals surface area (Å²) >= 11 is 2.15. The molecule has 0 aromatic carbocycles. The average molecular weight is 200 g/mol. The van der Waals surface area contributed by atoms with Crippen molar-refractivity contribution in [2.75, 3.05) is 25.4 Å². The van der Waals surface area contributed by atoms with E-state index in [4.69, 9.17) is 0 Å². The van der Waals surface area contributed by atoms with Crippen LogP contribution in [0.3, 0.4) is 0 Å². The highest BCUT2D eigenvalue weighted by atomic mass is 32.2. The predicted octanol–water partition coefficient (Wildman–Crippen LogP) is 1.22. The number of hydrogen-bond acceptors (Lipinski definition) is 3. The van der Waals surface area contributed by atoms with Gasteiger partial charge in [0.25, 0.3) is 0 Å². The van der Waals surface area contributed by atoms with Crippen molar-refractivity contribution >= 4 is 11.8 Å². The maximum absolute atomic E-state index is 3.68. The smallest absolute Gasteiger partial charge is 0.0256 e. The van der Waals surface area contributed by atoms with Gasteiger partial charge in [-0.2, -0.15) is 11.8 Å². The first-order chi connectivity index (χ1) is 6.29. The number of hydrogen-bond donors (Lipinski definition) is 2. The van der Waals surface area contributed by atoms with Crippen molar-refractivity contribution in [3.63, 3.8) is 0 Å². The Kier molecular flexibility index (Phi) is 3.17. The van der Waals surface area contributed by atoms with Crippen LogP contribution in [0.25, 0.3) is 0 Å². The zero-order chi connectivity index (χ0) is 9.15. The summed E-state index contributed by atoms with van der Waals surface area (Å²) in [6.45, 7) is 5.96. The Morgan fingerprint density at radius 3 is 3.15 bits per heavy atom. The molecule has 0 amide bonds. The Bertz CT molecular complexity index is 160. The second-order valence-corrected chi connectivity index (χ2v) is 6.16. The molecule has 0 spiro atoms. The van der Waals surface area contributed by atoms with Gasteiger partial charge in [0.15, 0.2) is 0 Å². The van der Waals surface area contributed by atoms with Gasteiger partial charge in [-0.15, -0.1) is 0 Å². The summed E-state index contributed by atoms with van der Waals surface area (Å²) in [7, 11) is 0. The van der Waals surface area contributed by atoms with E-state index in [1.54, 1.807) is 0 Å². The molecule has 76 valence electrons. The summed E-state index contributed by atoms with van der Waals surface area (Å²) in [5, 5.41) is 7.07. The average Bonchev–Trinajstić information content (AvgIpc) is 2.72. The van der Waals surface area contributed by atoms with Crippen LogP contribution in [-0.2, 0) is 0 Å². The molecule has 2 atom stereocenters. The van der Waals surface area contributed by atoms with Gasteiger partial charge >= 0.3 is 0 Å². The van der Waals surface area contributed by atoms with Crippen molar-refractivity contribution in [2.24, 2.45) is 0 Å². The lowest BCUT2D eigenvalue weighted by Crippen LogP contribution is -2.40. The van der Waals surface area contributed by atoms with Gasteiger partial charge in [0.1, 0.15) is 0 Å². The summed E-state index contributed by atoms with van der Waals surface area (Å²) < 4.78 is 0.530. The SMILES string of the molecule is CC1(CNC2CCNC2)CCCS1. The van der Waals surface area contributed by atoms with Crippen LogP contribution in [0, 0.1) is 0 Å². The highest BCUT2D eigenvalue weighted by molar-refractivity contribution is 8.00. The minimum Gasteiger partial charge on any atom is -0.315 e. The van der Waals surface area contributed by atoms with Crippen molar-refractivity contribution in [1.29, 1.82) is 0 Å². The lowest BCUT2D eigenvalue weighted by molar-refractivity contribution is 0.479. The van der Waals surface area contributed by atoms with E-state index in [2.05, 4.69) is 29.3 Å². The molecule has 13 heavy (non-hydrogen) atoms. The van der Waals surface area contributed by atoms with Gasteiger partial charge in [0.2, 0.25) is 0 Å². The van der Waals surface area contributed by atoms with Crippen LogP contribution in [0.15, 0.2) is 0 Å². The molecule has 2 unspecified atom stereocenters. The van der Waals surface area contributed by atoms with Gasteiger partial charge in [-0.25, -0.2) is 0 Å². The Labute approximate surface area is 85.2 Å². The first kappa shape index (κ1) is 9.81. The molecule has 3 heteroatoms. The van der Waals surface area contributed by atoms with Gasteiger partial charge < -0.3 is 10.6 Å². The van der Waals surface area contributed by atoms with Crippen LogP contribution in [0.1, 0.15) is 26.2 Å². The minimum absolute atomic E-state index is 0.530. The third-order valence-corrected chi connectivity index (χ3v) is 4.66. The molecule has 2 fully saturated rings. The van der Waals surface area contributed by atoms with Gasteiger partial charge in [-0.3, -0.25) is 0 Å². The molecule has 2 rings (SSSR count). The topological polar surface area (TPSA) is 24.1 Å². The molecule has 2 aliphatic heterocycles. The minimum atomic E-state index is 0.530. The number of nitrogens with one attached hydrogen (secondary N) is 2. The van der Waals surface area contributed by atoms with E-state index in [9.17, 15) is 0 Å². The molecule has 0 saturated carbocycles. The second kappa shape index (κ2) is 4.20. The quantitative estimate of drug-likeness (QED) is 0.716. The maximum Gasteiger partial charge on any atom is 0.0256 e. The molecule has 0 aromatic heterocycles. The largest absolute Gasteiger partial charge is 0.315 e. The fraction of sp³-hybridized carbons (Fsp3) is 1.00. The monoisotopic (exact) mass is 200 g/mol. The molecule has 2 aliphatic rings. The second-order valence-electron chi connectivity index (χ2n) is 4.47. The van der Waals surface area contributed by atoms with Crippen LogP contribution in [0.5, 0.6) is 0 Å². The van der Waals surface area contributed by atoms with Crippen molar-refractivity contribution in [1.82, 2.24) is 10.6 Å². The highest BCUT2D eigenvalue weighted by Gasteiger charge is 2.30. The van der Waals surface area contributed by atoms with E-state index >= 15 is 0 Å². The Morgan fingerprint density at radius 2 is 2.54 bits per heavy atom. The van der Waals surface area contributed by atoms with Crippen LogP contribution in [-0.4, -0.2) is 36.2 Å². The lowest BCUT2D eigenvalue weighted by atomic mass is 10.1. The summed E-state index contributed by atoms with van der Waals surface area (Å²) in [4.78, 5) is 0. The highest BCUT2D eigenvalue weighted by Crippen LogP contribution is 2.37. The Balaban J connectivity index is 1.71. The number of thioether (sulfide) groups is 1. The molecule has 2 saturated heterocycles. The van der Waals surface area contributed by atoms with Crippen LogP contribution < -0.4 is 10.6 Å². The van der Waals surface area contributed by atoms with E-state index in [1.807, 2.05) is 0 Å². The first-order valence-electron chi connectivity index (χ1n) is 5.37. The van der Waals surface area contributed by atoms with E-state index < -0.39 is 0 Å². The fourth-order valence-electron chi connectivity index (χ4n) is 2.17. The van der Waals surface area contributed by atoms with Crippen LogP contribution in [0.2, 0.25) is 0 Å². The summed E-state index contributed by atoms with van der Waals surface area (Å²) in [6.07, 6.45) is 4.11. The van der Waals surface area contributed by atoms with Crippen molar-refractivity contribution in [3.05, 3.63) is 0 Å². The van der Waals surface area contributed by atoms with E-state index in [1.165, 1.54) is 44.6 Å². The van der Waals surface area contributed by atoms with E-state index in [-0.39, 0.29) is 0 Å². The van der Waals surface area contributed by atoms with Gasteiger partial charge in [0.05, 0.1) is 0 Å². The summed E-state index contributed by atoms with van der Waals surface area (Å²) in [5.74, 6) is 1.36. The fourth-order valence-corrected chi connectivity index (χ4v) is 3.42. The summed E-state index contributed by atoms with van der Waals surface area (Å²) in [5.41, 5.74) is 0. The molecule has 0 aromatic rings. The summed E-state index contributed by atoms with van der Waals surface area (Å²) in [6, 6.07) is 0.734. The normalized spacial score (nSPS) is 39.9. The molecule has 0 radical (unpaired) electrons.